The Morgan fingerprint density at radius 2 is 1.54 bits per heavy atom. The molecule has 0 saturated heterocycles. The first kappa shape index (κ1) is 28.5. The number of hydrogen-bond donors (Lipinski definition) is 1. The molecular formula is C30H26F6N2O3. The summed E-state index contributed by atoms with van der Waals surface area (Å²) in [4.78, 5) is 28.8. The highest BCUT2D eigenvalue weighted by Gasteiger charge is 2.46. The Morgan fingerprint density at radius 1 is 0.927 bits per heavy atom. The van der Waals surface area contributed by atoms with Gasteiger partial charge in [0.05, 0.1) is 30.2 Å². The number of hydrogen-bond acceptors (Lipinski definition) is 3. The zero-order chi connectivity index (χ0) is 29.5. The summed E-state index contributed by atoms with van der Waals surface area (Å²) in [6.45, 7) is 0.152. The molecule has 0 spiro atoms. The van der Waals surface area contributed by atoms with Gasteiger partial charge in [0.2, 0.25) is 5.91 Å². The second-order valence-corrected chi connectivity index (χ2v) is 10.3. The van der Waals surface area contributed by atoms with Gasteiger partial charge in [0.1, 0.15) is 5.75 Å². The molecule has 1 saturated carbocycles. The molecule has 1 aliphatic carbocycles. The van der Waals surface area contributed by atoms with E-state index in [0.717, 1.165) is 12.8 Å². The minimum absolute atomic E-state index is 0.0398. The van der Waals surface area contributed by atoms with Gasteiger partial charge in [-0.2, -0.15) is 26.3 Å². The number of alkyl halides is 6. The molecule has 2 unspecified atom stereocenters. The first-order valence-corrected chi connectivity index (χ1v) is 13.0. The van der Waals surface area contributed by atoms with Gasteiger partial charge in [-0.1, -0.05) is 30.3 Å². The quantitative estimate of drug-likeness (QED) is 0.317. The van der Waals surface area contributed by atoms with Crippen LogP contribution in [-0.2, 0) is 23.7 Å². The summed E-state index contributed by atoms with van der Waals surface area (Å²) in [6.07, 6.45) is -8.38. The Hall–Kier alpha value is -4.02. The number of fused-ring (bicyclic) bond motifs is 1. The molecule has 0 bridgehead atoms. The highest BCUT2D eigenvalue weighted by molar-refractivity contribution is 6.01. The van der Waals surface area contributed by atoms with Crippen LogP contribution < -0.4 is 10.1 Å². The van der Waals surface area contributed by atoms with Crippen LogP contribution in [-0.4, -0.2) is 30.4 Å². The number of rotatable bonds is 7. The summed E-state index contributed by atoms with van der Waals surface area (Å²) < 4.78 is 88.4. The third-order valence-electron chi connectivity index (χ3n) is 7.45. The van der Waals surface area contributed by atoms with Crippen LogP contribution in [0.15, 0.2) is 66.7 Å². The maximum Gasteiger partial charge on any atom is 0.416 e. The lowest BCUT2D eigenvalue weighted by Crippen LogP contribution is -2.47. The number of amides is 2. The van der Waals surface area contributed by atoms with Crippen molar-refractivity contribution >= 4 is 11.8 Å². The van der Waals surface area contributed by atoms with Gasteiger partial charge in [-0.15, -0.1) is 0 Å². The molecule has 3 aromatic rings. The Morgan fingerprint density at radius 3 is 2.10 bits per heavy atom. The van der Waals surface area contributed by atoms with Crippen molar-refractivity contribution in [3.63, 3.8) is 0 Å². The number of ether oxygens (including phenoxy) is 1. The van der Waals surface area contributed by atoms with E-state index >= 15 is 0 Å². The van der Waals surface area contributed by atoms with Crippen molar-refractivity contribution in [1.29, 1.82) is 0 Å². The average Bonchev–Trinajstić information content (AvgIpc) is 3.77. The van der Waals surface area contributed by atoms with Gasteiger partial charge in [0, 0.05) is 18.7 Å². The summed E-state index contributed by atoms with van der Waals surface area (Å²) in [5, 5.41) is 2.82. The van der Waals surface area contributed by atoms with Crippen LogP contribution in [0.1, 0.15) is 63.0 Å². The third kappa shape index (κ3) is 6.03. The van der Waals surface area contributed by atoms with Crippen LogP contribution in [0.3, 0.4) is 0 Å². The monoisotopic (exact) mass is 576 g/mol. The standard InChI is InChI=1S/C30H26F6N2O3/c1-41-22-10-8-18(9-11-22)16-38-26(19-12-20(29(31,32)33)14-21(13-19)30(34,35)36)25(27(39)37-15-17-6-7-17)23-4-2-3-5-24(23)28(38)40/h2-5,8-14,17,25-26H,6-7,15-16H2,1H3,(H,37,39). The summed E-state index contributed by atoms with van der Waals surface area (Å²) >= 11 is 0. The van der Waals surface area contributed by atoms with Crippen LogP contribution in [0.4, 0.5) is 26.3 Å². The zero-order valence-corrected chi connectivity index (χ0v) is 21.9. The number of halogens is 6. The highest BCUT2D eigenvalue weighted by Crippen LogP contribution is 2.46. The molecule has 5 nitrogen and oxygen atoms in total. The summed E-state index contributed by atoms with van der Waals surface area (Å²) in [6, 6.07) is 12.5. The molecule has 2 amide bonds. The van der Waals surface area contributed by atoms with E-state index in [4.69, 9.17) is 4.74 Å². The fraction of sp³-hybridized carbons (Fsp3) is 0.333. The molecule has 216 valence electrons. The van der Waals surface area contributed by atoms with Crippen molar-refractivity contribution in [2.75, 3.05) is 13.7 Å². The molecule has 1 heterocycles. The van der Waals surface area contributed by atoms with Crippen LogP contribution in [0, 0.1) is 5.92 Å². The van der Waals surface area contributed by atoms with Crippen molar-refractivity contribution in [2.24, 2.45) is 5.92 Å². The third-order valence-corrected chi connectivity index (χ3v) is 7.45. The Balaban J connectivity index is 1.70. The highest BCUT2D eigenvalue weighted by atomic mass is 19.4. The first-order valence-electron chi connectivity index (χ1n) is 13.0. The first-order chi connectivity index (χ1) is 19.4. The molecular weight excluding hydrogens is 550 g/mol. The minimum Gasteiger partial charge on any atom is -0.497 e. The van der Waals surface area contributed by atoms with E-state index in [0.29, 0.717) is 30.0 Å². The molecule has 1 N–H and O–H groups in total. The summed E-state index contributed by atoms with van der Waals surface area (Å²) in [5.74, 6) is -1.67. The van der Waals surface area contributed by atoms with Crippen LogP contribution in [0.2, 0.25) is 0 Å². The largest absolute Gasteiger partial charge is 0.497 e. The maximum atomic E-state index is 13.9. The SMILES string of the molecule is COc1ccc(CN2C(=O)c3ccccc3C(C(=O)NCC3CC3)C2c2cc(C(F)(F)F)cc(C(F)(F)F)c2)cc1. The van der Waals surface area contributed by atoms with Gasteiger partial charge in [0.25, 0.3) is 5.91 Å². The fourth-order valence-electron chi connectivity index (χ4n) is 5.18. The van der Waals surface area contributed by atoms with Crippen molar-refractivity contribution in [2.45, 2.75) is 43.7 Å². The molecule has 41 heavy (non-hydrogen) atoms. The summed E-state index contributed by atoms with van der Waals surface area (Å²) in [5.41, 5.74) is -2.52. The van der Waals surface area contributed by atoms with Gasteiger partial charge in [0.15, 0.2) is 0 Å². The average molecular weight is 577 g/mol. The molecule has 0 radical (unpaired) electrons. The minimum atomic E-state index is -5.10. The summed E-state index contributed by atoms with van der Waals surface area (Å²) in [7, 11) is 1.47. The lowest BCUT2D eigenvalue weighted by Gasteiger charge is -2.42. The predicted molar refractivity (Wildman–Crippen MR) is 137 cm³/mol. The van der Waals surface area contributed by atoms with E-state index in [9.17, 15) is 35.9 Å². The van der Waals surface area contributed by atoms with Gasteiger partial charge >= 0.3 is 12.4 Å². The molecule has 5 rings (SSSR count). The molecule has 11 heteroatoms. The second kappa shape index (κ2) is 10.8. The van der Waals surface area contributed by atoms with Gasteiger partial charge in [-0.05, 0) is 71.8 Å². The molecule has 2 atom stereocenters. The lowest BCUT2D eigenvalue weighted by molar-refractivity contribution is -0.143. The van der Waals surface area contributed by atoms with E-state index in [1.54, 1.807) is 36.4 Å². The topological polar surface area (TPSA) is 58.6 Å². The molecule has 2 aliphatic rings. The maximum absolute atomic E-state index is 13.9. The van der Waals surface area contributed by atoms with Crippen LogP contribution in [0.25, 0.3) is 0 Å². The number of benzene rings is 3. The number of carbonyl (C=O) groups is 2. The normalized spacial score (nSPS) is 19.1. The van der Waals surface area contributed by atoms with E-state index in [2.05, 4.69) is 5.32 Å². The van der Waals surface area contributed by atoms with E-state index < -0.39 is 52.8 Å². The lowest BCUT2D eigenvalue weighted by atomic mass is 9.78. The van der Waals surface area contributed by atoms with E-state index in [1.807, 2.05) is 0 Å². The molecule has 0 aromatic heterocycles. The Bertz CT molecular complexity index is 1420. The predicted octanol–water partition coefficient (Wildman–Crippen LogP) is 6.74. The van der Waals surface area contributed by atoms with Gasteiger partial charge in [-0.25, -0.2) is 0 Å². The van der Waals surface area contributed by atoms with Crippen molar-refractivity contribution in [3.8, 4) is 5.75 Å². The number of nitrogens with one attached hydrogen (secondary N) is 1. The van der Waals surface area contributed by atoms with Crippen molar-refractivity contribution in [1.82, 2.24) is 10.2 Å². The van der Waals surface area contributed by atoms with Crippen molar-refractivity contribution < 1.29 is 40.7 Å². The number of nitrogens with zero attached hydrogens (tertiary/aromatic N) is 1. The van der Waals surface area contributed by atoms with Gasteiger partial charge in [-0.3, -0.25) is 9.59 Å². The van der Waals surface area contributed by atoms with Crippen molar-refractivity contribution in [3.05, 3.63) is 100 Å². The molecule has 3 aromatic carbocycles. The molecule has 1 fully saturated rings. The van der Waals surface area contributed by atoms with E-state index in [1.165, 1.54) is 24.1 Å². The van der Waals surface area contributed by atoms with E-state index in [-0.39, 0.29) is 29.7 Å². The zero-order valence-electron chi connectivity index (χ0n) is 21.9. The smallest absolute Gasteiger partial charge is 0.416 e. The fourth-order valence-corrected chi connectivity index (χ4v) is 5.18. The Kier molecular flexibility index (Phi) is 7.48. The van der Waals surface area contributed by atoms with Gasteiger partial charge < -0.3 is 15.0 Å². The molecule has 1 aliphatic heterocycles. The number of carbonyl (C=O) groups excluding carboxylic acids is 2. The number of methoxy groups -OCH3 is 1. The van der Waals surface area contributed by atoms with Crippen LogP contribution in [0.5, 0.6) is 5.75 Å². The second-order valence-electron chi connectivity index (χ2n) is 10.3. The van der Waals surface area contributed by atoms with Crippen LogP contribution >= 0.6 is 0 Å². The Labute approximate surface area is 232 Å².